The smallest absolute Gasteiger partial charge is 0.311 e. The average molecular weight is 356 g/mol. The molecule has 26 heavy (non-hydrogen) atoms. The predicted molar refractivity (Wildman–Crippen MR) is 97.8 cm³/mol. The summed E-state index contributed by atoms with van der Waals surface area (Å²) < 4.78 is 5.24. The number of anilines is 1. The maximum atomic E-state index is 12.0. The van der Waals surface area contributed by atoms with E-state index in [2.05, 4.69) is 19.2 Å². The molecular weight excluding hydrogens is 336 g/mol. The lowest BCUT2D eigenvalue weighted by Gasteiger charge is -2.11. The van der Waals surface area contributed by atoms with Crippen LogP contribution in [0, 0.1) is 10.1 Å². The highest BCUT2D eigenvalue weighted by Crippen LogP contribution is 2.27. The van der Waals surface area contributed by atoms with Gasteiger partial charge in [-0.15, -0.1) is 0 Å². The van der Waals surface area contributed by atoms with Crippen molar-refractivity contribution in [3.05, 3.63) is 63.7 Å². The average Bonchev–Trinajstić information content (AvgIpc) is 2.66. The number of nitrogens with zero attached hydrogens (tertiary/aromatic N) is 1. The Labute approximate surface area is 151 Å². The van der Waals surface area contributed by atoms with E-state index in [1.165, 1.54) is 17.7 Å². The van der Waals surface area contributed by atoms with Gasteiger partial charge in [0.15, 0.2) is 12.4 Å². The van der Waals surface area contributed by atoms with Crippen molar-refractivity contribution in [1.82, 2.24) is 0 Å². The van der Waals surface area contributed by atoms with Crippen LogP contribution in [0.2, 0.25) is 0 Å². The quantitative estimate of drug-likeness (QED) is 0.439. The Morgan fingerprint density at radius 2 is 1.96 bits per heavy atom. The number of benzene rings is 2. The van der Waals surface area contributed by atoms with Crippen molar-refractivity contribution in [1.29, 1.82) is 0 Å². The van der Waals surface area contributed by atoms with Crippen LogP contribution in [0.3, 0.4) is 0 Å². The van der Waals surface area contributed by atoms with Gasteiger partial charge in [0.1, 0.15) is 6.29 Å². The van der Waals surface area contributed by atoms with Crippen LogP contribution in [0.15, 0.2) is 42.5 Å². The van der Waals surface area contributed by atoms with Crippen molar-refractivity contribution in [2.45, 2.75) is 26.2 Å². The molecule has 2 aromatic carbocycles. The van der Waals surface area contributed by atoms with Crippen LogP contribution in [0.5, 0.6) is 5.75 Å². The Morgan fingerprint density at radius 1 is 1.27 bits per heavy atom. The first-order chi connectivity index (χ1) is 12.4. The lowest BCUT2D eigenvalue weighted by Crippen LogP contribution is -2.20. The fraction of sp³-hybridized carbons (Fsp3) is 0.263. The summed E-state index contributed by atoms with van der Waals surface area (Å²) in [7, 11) is 0. The van der Waals surface area contributed by atoms with Crippen molar-refractivity contribution in [2.75, 3.05) is 11.9 Å². The van der Waals surface area contributed by atoms with Gasteiger partial charge in [0, 0.05) is 17.3 Å². The van der Waals surface area contributed by atoms with Crippen molar-refractivity contribution in [3.63, 3.8) is 0 Å². The third kappa shape index (κ3) is 4.89. The van der Waals surface area contributed by atoms with E-state index in [-0.39, 0.29) is 23.6 Å². The lowest BCUT2D eigenvalue weighted by atomic mass is 9.99. The summed E-state index contributed by atoms with van der Waals surface area (Å²) >= 11 is 0. The zero-order valence-electron chi connectivity index (χ0n) is 14.6. The van der Waals surface area contributed by atoms with Gasteiger partial charge in [-0.1, -0.05) is 26.0 Å². The monoisotopic (exact) mass is 356 g/mol. The van der Waals surface area contributed by atoms with Gasteiger partial charge in [0.05, 0.1) is 4.92 Å². The molecular formula is C19H20N2O5. The number of nitro benzene ring substituents is 1. The molecule has 0 aliphatic rings. The number of nitrogens with one attached hydrogen (secondary N) is 1. The van der Waals surface area contributed by atoms with E-state index in [4.69, 9.17) is 4.74 Å². The Balaban J connectivity index is 1.99. The number of nitro groups is 1. The fourth-order valence-electron chi connectivity index (χ4n) is 2.34. The van der Waals surface area contributed by atoms with Gasteiger partial charge in [-0.25, -0.2) is 0 Å². The minimum Gasteiger partial charge on any atom is -0.477 e. The van der Waals surface area contributed by atoms with Crippen LogP contribution in [0.25, 0.3) is 0 Å². The topological polar surface area (TPSA) is 98.5 Å². The van der Waals surface area contributed by atoms with E-state index in [0.29, 0.717) is 17.9 Å². The number of ether oxygens (including phenoxy) is 1. The normalized spacial score (nSPS) is 11.5. The first-order valence-corrected chi connectivity index (χ1v) is 8.20. The second-order valence-corrected chi connectivity index (χ2v) is 5.87. The van der Waals surface area contributed by atoms with Gasteiger partial charge in [0.2, 0.25) is 0 Å². The first-order valence-electron chi connectivity index (χ1n) is 8.20. The molecule has 1 atom stereocenters. The Kier molecular flexibility index (Phi) is 6.43. The van der Waals surface area contributed by atoms with Crippen LogP contribution in [0.4, 0.5) is 11.4 Å². The van der Waals surface area contributed by atoms with Crippen molar-refractivity contribution < 1.29 is 19.2 Å². The molecule has 0 fully saturated rings. The first kappa shape index (κ1) is 19.1. The third-order valence-electron chi connectivity index (χ3n) is 4.05. The lowest BCUT2D eigenvalue weighted by molar-refractivity contribution is -0.385. The Bertz CT molecular complexity index is 802. The number of rotatable bonds is 8. The standard InChI is InChI=1S/C19H20N2O5/c1-3-13(2)15-5-7-16(8-6-15)20-19(23)12-26-18-9-4-14(11-22)10-17(18)21(24)25/h4-11,13H,3,12H2,1-2H3,(H,20,23)/t13-/m1/s1. The number of carbonyl (C=O) groups excluding carboxylic acids is 2. The van der Waals surface area contributed by atoms with Crippen molar-refractivity contribution in [3.8, 4) is 5.75 Å². The molecule has 0 radical (unpaired) electrons. The van der Waals surface area contributed by atoms with Crippen LogP contribution >= 0.6 is 0 Å². The largest absolute Gasteiger partial charge is 0.477 e. The Morgan fingerprint density at radius 3 is 2.54 bits per heavy atom. The molecule has 0 bridgehead atoms. The SMILES string of the molecule is CC[C@@H](C)c1ccc(NC(=O)COc2ccc(C=O)cc2[N+](=O)[O-])cc1. The summed E-state index contributed by atoms with van der Waals surface area (Å²) in [5.74, 6) is -0.0594. The second-order valence-electron chi connectivity index (χ2n) is 5.87. The van der Waals surface area contributed by atoms with Crippen LogP contribution in [-0.4, -0.2) is 23.7 Å². The van der Waals surface area contributed by atoms with E-state index in [9.17, 15) is 19.7 Å². The summed E-state index contributed by atoms with van der Waals surface area (Å²) in [4.78, 5) is 33.1. The summed E-state index contributed by atoms with van der Waals surface area (Å²) in [6, 6.07) is 11.3. The molecule has 1 amide bonds. The highest BCUT2D eigenvalue weighted by atomic mass is 16.6. The fourth-order valence-corrected chi connectivity index (χ4v) is 2.34. The highest BCUT2D eigenvalue weighted by molar-refractivity contribution is 5.92. The number of hydrogen-bond donors (Lipinski definition) is 1. The zero-order valence-corrected chi connectivity index (χ0v) is 14.6. The molecule has 136 valence electrons. The second kappa shape index (κ2) is 8.75. The number of hydrogen-bond acceptors (Lipinski definition) is 5. The van der Waals surface area contributed by atoms with Crippen LogP contribution < -0.4 is 10.1 Å². The molecule has 2 aromatic rings. The molecule has 2 rings (SSSR count). The molecule has 0 aliphatic carbocycles. The summed E-state index contributed by atoms with van der Waals surface area (Å²) in [5, 5.41) is 13.7. The summed E-state index contributed by atoms with van der Waals surface area (Å²) in [5.41, 5.74) is 1.61. The van der Waals surface area contributed by atoms with Crippen LogP contribution in [0.1, 0.15) is 42.1 Å². The Hall–Kier alpha value is -3.22. The van der Waals surface area contributed by atoms with E-state index in [1.807, 2.05) is 12.1 Å². The summed E-state index contributed by atoms with van der Waals surface area (Å²) in [6.07, 6.45) is 1.54. The molecule has 7 nitrogen and oxygen atoms in total. The van der Waals surface area contributed by atoms with Gasteiger partial charge < -0.3 is 10.1 Å². The van der Waals surface area contributed by atoms with Gasteiger partial charge >= 0.3 is 5.69 Å². The van der Waals surface area contributed by atoms with E-state index >= 15 is 0 Å². The van der Waals surface area contributed by atoms with Gasteiger partial charge in [-0.05, 0) is 42.2 Å². The van der Waals surface area contributed by atoms with E-state index < -0.39 is 10.8 Å². The van der Waals surface area contributed by atoms with Crippen LogP contribution in [-0.2, 0) is 4.79 Å². The zero-order chi connectivity index (χ0) is 19.1. The van der Waals surface area contributed by atoms with E-state index in [1.54, 1.807) is 12.1 Å². The highest BCUT2D eigenvalue weighted by Gasteiger charge is 2.17. The maximum absolute atomic E-state index is 12.0. The minimum absolute atomic E-state index is 0.0668. The molecule has 0 spiro atoms. The molecule has 1 N–H and O–H groups in total. The van der Waals surface area contributed by atoms with Gasteiger partial charge in [-0.2, -0.15) is 0 Å². The third-order valence-corrected chi connectivity index (χ3v) is 4.05. The van der Waals surface area contributed by atoms with E-state index in [0.717, 1.165) is 12.5 Å². The van der Waals surface area contributed by atoms with Crippen molar-refractivity contribution >= 4 is 23.6 Å². The number of aldehydes is 1. The summed E-state index contributed by atoms with van der Waals surface area (Å²) in [6.45, 7) is 3.86. The molecule has 0 aliphatic heterocycles. The molecule has 0 unspecified atom stereocenters. The van der Waals surface area contributed by atoms with Gasteiger partial charge in [0.25, 0.3) is 5.91 Å². The maximum Gasteiger partial charge on any atom is 0.311 e. The molecule has 7 heteroatoms. The molecule has 0 saturated carbocycles. The number of amides is 1. The number of carbonyl (C=O) groups is 2. The molecule has 0 aromatic heterocycles. The predicted octanol–water partition coefficient (Wildman–Crippen LogP) is 3.94. The molecule has 0 saturated heterocycles. The minimum atomic E-state index is -0.659. The van der Waals surface area contributed by atoms with Crippen molar-refractivity contribution in [2.24, 2.45) is 0 Å². The molecule has 0 heterocycles. The van der Waals surface area contributed by atoms with Gasteiger partial charge in [-0.3, -0.25) is 19.7 Å².